The van der Waals surface area contributed by atoms with Crippen LogP contribution in [-0.2, 0) is 4.79 Å². The Bertz CT molecular complexity index is 320. The monoisotopic (exact) mass is 250 g/mol. The third kappa shape index (κ3) is 2.07. The Balaban J connectivity index is 1.75. The predicted molar refractivity (Wildman–Crippen MR) is 72.3 cm³/mol. The van der Waals surface area contributed by atoms with E-state index in [1.54, 1.807) is 0 Å². The lowest BCUT2D eigenvalue weighted by Gasteiger charge is -2.46. The summed E-state index contributed by atoms with van der Waals surface area (Å²) in [5.74, 6) is 1.18. The Morgan fingerprint density at radius 1 is 1.17 bits per heavy atom. The third-order valence-electron chi connectivity index (χ3n) is 5.34. The Morgan fingerprint density at radius 2 is 1.94 bits per heavy atom. The van der Waals surface area contributed by atoms with Crippen LogP contribution < -0.4 is 5.32 Å². The molecule has 3 nitrogen and oxygen atoms in total. The first-order chi connectivity index (χ1) is 8.71. The van der Waals surface area contributed by atoms with Crippen molar-refractivity contribution in [3.05, 3.63) is 0 Å². The molecular formula is C15H26N2O. The second kappa shape index (κ2) is 4.84. The normalized spacial score (nSPS) is 40.6. The van der Waals surface area contributed by atoms with Crippen LogP contribution in [0.3, 0.4) is 0 Å². The highest BCUT2D eigenvalue weighted by Crippen LogP contribution is 2.37. The summed E-state index contributed by atoms with van der Waals surface area (Å²) in [5, 5.41) is 3.43. The Morgan fingerprint density at radius 3 is 2.72 bits per heavy atom. The summed E-state index contributed by atoms with van der Waals surface area (Å²) in [4.78, 5) is 15.1. The highest BCUT2D eigenvalue weighted by molar-refractivity contribution is 5.86. The molecule has 3 fully saturated rings. The van der Waals surface area contributed by atoms with Gasteiger partial charge in [0.15, 0.2) is 0 Å². The van der Waals surface area contributed by atoms with Gasteiger partial charge in [-0.15, -0.1) is 0 Å². The Labute approximate surface area is 110 Å². The maximum Gasteiger partial charge on any atom is 0.242 e. The molecule has 1 aliphatic carbocycles. The lowest BCUT2D eigenvalue weighted by Crippen LogP contribution is -2.59. The first-order valence-corrected chi connectivity index (χ1v) is 7.77. The lowest BCUT2D eigenvalue weighted by atomic mass is 9.77. The minimum absolute atomic E-state index is 0.265. The van der Waals surface area contributed by atoms with Gasteiger partial charge in [-0.3, -0.25) is 4.79 Å². The molecule has 0 aromatic rings. The zero-order chi connectivity index (χ0) is 12.6. The summed E-state index contributed by atoms with van der Waals surface area (Å²) in [6, 6.07) is 0.555. The molecule has 3 unspecified atom stereocenters. The molecule has 1 N–H and O–H groups in total. The average molecular weight is 250 g/mol. The van der Waals surface area contributed by atoms with Crippen LogP contribution in [0.1, 0.15) is 58.3 Å². The van der Waals surface area contributed by atoms with E-state index in [1.165, 1.54) is 38.5 Å². The minimum atomic E-state index is -0.265. The van der Waals surface area contributed by atoms with Gasteiger partial charge < -0.3 is 10.2 Å². The summed E-state index contributed by atoms with van der Waals surface area (Å²) in [6.07, 6.45) is 9.99. The number of nitrogens with one attached hydrogen (secondary N) is 1. The molecule has 3 atom stereocenters. The molecule has 3 aliphatic rings. The second-order valence-corrected chi connectivity index (χ2v) is 6.62. The van der Waals surface area contributed by atoms with Gasteiger partial charge in [-0.1, -0.05) is 12.8 Å². The summed E-state index contributed by atoms with van der Waals surface area (Å²) in [7, 11) is 0. The smallest absolute Gasteiger partial charge is 0.242 e. The summed E-state index contributed by atoms with van der Waals surface area (Å²) < 4.78 is 0. The van der Waals surface area contributed by atoms with Crippen LogP contribution in [0.4, 0.5) is 0 Å². The zero-order valence-corrected chi connectivity index (χ0v) is 11.6. The number of fused-ring (bicyclic) bond motifs is 1. The van der Waals surface area contributed by atoms with Gasteiger partial charge >= 0.3 is 0 Å². The number of carbonyl (C=O) groups excluding carboxylic acids is 1. The predicted octanol–water partition coefficient (Wildman–Crippen LogP) is 2.31. The molecule has 18 heavy (non-hydrogen) atoms. The molecule has 2 heterocycles. The molecule has 1 saturated carbocycles. The van der Waals surface area contributed by atoms with Crippen molar-refractivity contribution in [2.45, 2.75) is 69.9 Å². The molecule has 2 saturated heterocycles. The van der Waals surface area contributed by atoms with Crippen molar-refractivity contribution in [3.8, 4) is 0 Å². The molecule has 0 bridgehead atoms. The van der Waals surface area contributed by atoms with Crippen LogP contribution in [0.15, 0.2) is 0 Å². The largest absolute Gasteiger partial charge is 0.338 e. The molecule has 2 aliphatic heterocycles. The number of piperidine rings is 1. The van der Waals surface area contributed by atoms with Gasteiger partial charge in [0.2, 0.25) is 5.91 Å². The molecule has 0 radical (unpaired) electrons. The Kier molecular flexibility index (Phi) is 3.35. The van der Waals surface area contributed by atoms with Crippen LogP contribution in [0.2, 0.25) is 0 Å². The number of hydrogen-bond acceptors (Lipinski definition) is 2. The van der Waals surface area contributed by atoms with E-state index in [0.717, 1.165) is 31.8 Å². The maximum absolute atomic E-state index is 12.8. The number of carbonyl (C=O) groups is 1. The first kappa shape index (κ1) is 12.5. The van der Waals surface area contributed by atoms with Crippen molar-refractivity contribution < 1.29 is 4.79 Å². The van der Waals surface area contributed by atoms with Crippen LogP contribution in [0.5, 0.6) is 0 Å². The third-order valence-corrected chi connectivity index (χ3v) is 5.34. The lowest BCUT2D eigenvalue weighted by molar-refractivity contribution is -0.143. The van der Waals surface area contributed by atoms with Gasteiger partial charge in [0.1, 0.15) is 0 Å². The van der Waals surface area contributed by atoms with Crippen molar-refractivity contribution in [1.29, 1.82) is 0 Å². The quantitative estimate of drug-likeness (QED) is 0.774. The van der Waals surface area contributed by atoms with Gasteiger partial charge in [0.05, 0.1) is 5.54 Å². The van der Waals surface area contributed by atoms with Crippen LogP contribution in [0.25, 0.3) is 0 Å². The topological polar surface area (TPSA) is 32.3 Å². The summed E-state index contributed by atoms with van der Waals surface area (Å²) in [6.45, 7) is 4.11. The van der Waals surface area contributed by atoms with Gasteiger partial charge in [-0.05, 0) is 57.9 Å². The molecule has 102 valence electrons. The van der Waals surface area contributed by atoms with E-state index in [-0.39, 0.29) is 5.54 Å². The number of rotatable bonds is 1. The molecule has 0 aromatic heterocycles. The van der Waals surface area contributed by atoms with E-state index in [4.69, 9.17) is 0 Å². The molecule has 3 heteroatoms. The Hall–Kier alpha value is -0.570. The molecule has 1 amide bonds. The van der Waals surface area contributed by atoms with E-state index >= 15 is 0 Å². The van der Waals surface area contributed by atoms with Gasteiger partial charge in [-0.2, -0.15) is 0 Å². The zero-order valence-electron chi connectivity index (χ0n) is 11.6. The molecule has 0 aromatic carbocycles. The van der Waals surface area contributed by atoms with Crippen LogP contribution in [0, 0.1) is 5.92 Å². The highest BCUT2D eigenvalue weighted by Gasteiger charge is 2.44. The van der Waals surface area contributed by atoms with Crippen LogP contribution >= 0.6 is 0 Å². The van der Waals surface area contributed by atoms with E-state index in [0.29, 0.717) is 11.9 Å². The van der Waals surface area contributed by atoms with E-state index < -0.39 is 0 Å². The van der Waals surface area contributed by atoms with E-state index in [2.05, 4.69) is 17.1 Å². The maximum atomic E-state index is 12.8. The van der Waals surface area contributed by atoms with Gasteiger partial charge in [0.25, 0.3) is 0 Å². The van der Waals surface area contributed by atoms with Crippen molar-refractivity contribution in [1.82, 2.24) is 10.2 Å². The molecule has 3 rings (SSSR count). The number of nitrogens with zero attached hydrogens (tertiary/aromatic N) is 1. The number of likely N-dealkylation sites (tertiary alicyclic amines) is 1. The van der Waals surface area contributed by atoms with E-state index in [1.807, 2.05) is 0 Å². The second-order valence-electron chi connectivity index (χ2n) is 6.62. The fraction of sp³-hybridized carbons (Fsp3) is 0.933. The van der Waals surface area contributed by atoms with Crippen molar-refractivity contribution in [2.24, 2.45) is 5.92 Å². The highest BCUT2D eigenvalue weighted by atomic mass is 16.2. The van der Waals surface area contributed by atoms with Crippen LogP contribution in [-0.4, -0.2) is 35.5 Å². The number of hydrogen-bond donors (Lipinski definition) is 1. The summed E-state index contributed by atoms with van der Waals surface area (Å²) >= 11 is 0. The molecular weight excluding hydrogens is 224 g/mol. The van der Waals surface area contributed by atoms with Crippen molar-refractivity contribution >= 4 is 5.91 Å². The fourth-order valence-electron chi connectivity index (χ4n) is 4.27. The average Bonchev–Trinajstić information content (AvgIpc) is 2.85. The fourth-order valence-corrected chi connectivity index (χ4v) is 4.27. The minimum Gasteiger partial charge on any atom is -0.338 e. The van der Waals surface area contributed by atoms with Crippen molar-refractivity contribution in [2.75, 3.05) is 13.1 Å². The summed E-state index contributed by atoms with van der Waals surface area (Å²) in [5.41, 5.74) is -0.265. The first-order valence-electron chi connectivity index (χ1n) is 7.77. The SMILES string of the molecule is CC1(C(=O)N2CCCC3CCCCC32)CCCN1. The van der Waals surface area contributed by atoms with E-state index in [9.17, 15) is 4.79 Å². The van der Waals surface area contributed by atoms with Gasteiger partial charge in [-0.25, -0.2) is 0 Å². The van der Waals surface area contributed by atoms with Gasteiger partial charge in [0, 0.05) is 12.6 Å². The standard InChI is InChI=1S/C15H26N2O/c1-15(9-5-10-16-15)14(18)17-11-4-7-12-6-2-3-8-13(12)17/h12-13,16H,2-11H2,1H3. The number of amides is 1. The van der Waals surface area contributed by atoms with Crippen molar-refractivity contribution in [3.63, 3.8) is 0 Å². The molecule has 0 spiro atoms.